The van der Waals surface area contributed by atoms with Gasteiger partial charge < -0.3 is 20.1 Å². The molecule has 1 atom stereocenters. The zero-order valence-corrected chi connectivity index (χ0v) is 18.4. The number of anilines is 1. The van der Waals surface area contributed by atoms with Crippen molar-refractivity contribution in [2.24, 2.45) is 0 Å². The lowest BCUT2D eigenvalue weighted by atomic mass is 10.0. The van der Waals surface area contributed by atoms with E-state index in [9.17, 15) is 4.79 Å². The summed E-state index contributed by atoms with van der Waals surface area (Å²) in [5.41, 5.74) is 3.61. The van der Waals surface area contributed by atoms with E-state index in [0.29, 0.717) is 22.8 Å². The second kappa shape index (κ2) is 10.6. The quantitative estimate of drug-likeness (QED) is 0.446. The highest BCUT2D eigenvalue weighted by molar-refractivity contribution is 8.05. The van der Waals surface area contributed by atoms with Crippen molar-refractivity contribution < 1.29 is 14.3 Å². The lowest BCUT2D eigenvalue weighted by molar-refractivity contribution is -0.116. The van der Waals surface area contributed by atoms with E-state index in [1.165, 1.54) is 17.3 Å². The number of carbonyl (C=O) groups is 1. The molecule has 6 nitrogen and oxygen atoms in total. The monoisotopic (exact) mass is 435 g/mol. The Kier molecular flexibility index (Phi) is 7.63. The van der Waals surface area contributed by atoms with Crippen LogP contribution in [0.25, 0.3) is 6.08 Å². The van der Waals surface area contributed by atoms with Crippen molar-refractivity contribution >= 4 is 29.4 Å². The lowest BCUT2D eigenvalue weighted by Gasteiger charge is -2.14. The Morgan fingerprint density at radius 3 is 2.74 bits per heavy atom. The Labute approximate surface area is 186 Å². The Morgan fingerprint density at radius 2 is 2.10 bits per heavy atom. The molecule has 0 unspecified atom stereocenters. The Bertz CT molecular complexity index is 1030. The molecular formula is C24H25N3O3S. The van der Waals surface area contributed by atoms with Crippen LogP contribution in [0.3, 0.4) is 0 Å². The molecule has 0 bridgehead atoms. The van der Waals surface area contributed by atoms with E-state index in [0.717, 1.165) is 23.2 Å². The van der Waals surface area contributed by atoms with Crippen molar-refractivity contribution in [2.75, 3.05) is 19.0 Å². The predicted octanol–water partition coefficient (Wildman–Crippen LogP) is 4.49. The smallest absolute Gasteiger partial charge is 0.260 e. The fourth-order valence-corrected chi connectivity index (χ4v) is 4.18. The zero-order chi connectivity index (χ0) is 22.2. The highest BCUT2D eigenvalue weighted by Crippen LogP contribution is 2.36. The summed E-state index contributed by atoms with van der Waals surface area (Å²) in [7, 11) is 1.55. The van der Waals surface area contributed by atoms with Crippen molar-refractivity contribution in [3.05, 3.63) is 70.6 Å². The van der Waals surface area contributed by atoms with E-state index in [1.807, 2.05) is 30.3 Å². The maximum atomic E-state index is 12.5. The number of thioether (sulfide) groups is 1. The molecule has 0 saturated carbocycles. The first-order chi connectivity index (χ1) is 15.1. The minimum Gasteiger partial charge on any atom is -0.493 e. The first-order valence-electron chi connectivity index (χ1n) is 9.94. The predicted molar refractivity (Wildman–Crippen MR) is 125 cm³/mol. The molecule has 160 valence electrons. The van der Waals surface area contributed by atoms with Crippen LogP contribution in [0.15, 0.2) is 54.0 Å². The van der Waals surface area contributed by atoms with Crippen molar-refractivity contribution in [1.29, 1.82) is 5.26 Å². The van der Waals surface area contributed by atoms with Crippen LogP contribution >= 0.6 is 11.8 Å². The molecule has 1 saturated heterocycles. The van der Waals surface area contributed by atoms with Crippen LogP contribution in [0.1, 0.15) is 23.6 Å². The molecule has 1 aliphatic rings. The normalized spacial score (nSPS) is 16.5. The van der Waals surface area contributed by atoms with E-state index in [1.54, 1.807) is 19.3 Å². The summed E-state index contributed by atoms with van der Waals surface area (Å²) in [5.74, 6) is 0.891. The molecular weight excluding hydrogens is 410 g/mol. The number of hydrogen-bond donors (Lipinski definition) is 2. The van der Waals surface area contributed by atoms with Crippen LogP contribution in [0.4, 0.5) is 5.69 Å². The van der Waals surface area contributed by atoms with Gasteiger partial charge in [-0.1, -0.05) is 36.9 Å². The minimum absolute atomic E-state index is 0.0776. The highest BCUT2D eigenvalue weighted by atomic mass is 32.2. The van der Waals surface area contributed by atoms with E-state index in [-0.39, 0.29) is 18.0 Å². The number of aryl methyl sites for hydroxylation is 1. The topological polar surface area (TPSA) is 83.4 Å². The number of rotatable bonds is 9. The van der Waals surface area contributed by atoms with Gasteiger partial charge >= 0.3 is 0 Å². The summed E-state index contributed by atoms with van der Waals surface area (Å²) in [4.78, 5) is 13.1. The standard InChI is InChI=1S/C24H25N3O3S/c1-4-6-18-13-17(14-20(29-3)22(18)30-12-11-25)15-21-23(28)27-24(31-21)26-19-9-7-16(5-2)8-10-19/h4,7-10,13-15,24,26H,1,5-6,12H2,2-3H3,(H,27,28)/b21-15-/t24-/m0/s1. The number of methoxy groups -OCH3 is 1. The van der Waals surface area contributed by atoms with Gasteiger partial charge in [0, 0.05) is 11.3 Å². The average Bonchev–Trinajstić information content (AvgIpc) is 3.11. The maximum absolute atomic E-state index is 12.5. The molecule has 2 N–H and O–H groups in total. The molecule has 1 fully saturated rings. The zero-order valence-electron chi connectivity index (χ0n) is 17.6. The van der Waals surface area contributed by atoms with Crippen molar-refractivity contribution in [3.8, 4) is 17.6 Å². The van der Waals surface area contributed by atoms with Crippen LogP contribution in [-0.2, 0) is 17.6 Å². The van der Waals surface area contributed by atoms with Gasteiger partial charge in [-0.25, -0.2) is 0 Å². The first-order valence-corrected chi connectivity index (χ1v) is 10.8. The summed E-state index contributed by atoms with van der Waals surface area (Å²) in [5, 5.41) is 15.1. The number of hydrogen-bond acceptors (Lipinski definition) is 6. The van der Waals surface area contributed by atoms with Crippen LogP contribution in [0.2, 0.25) is 0 Å². The van der Waals surface area contributed by atoms with Crippen molar-refractivity contribution in [3.63, 3.8) is 0 Å². The van der Waals surface area contributed by atoms with Gasteiger partial charge in [-0.2, -0.15) is 5.26 Å². The summed E-state index contributed by atoms with van der Waals surface area (Å²) in [6.07, 6.45) is 5.11. The molecule has 0 spiro atoms. The van der Waals surface area contributed by atoms with E-state index in [2.05, 4.69) is 36.3 Å². The minimum atomic E-state index is -0.251. The Morgan fingerprint density at radius 1 is 1.32 bits per heavy atom. The molecule has 2 aromatic carbocycles. The van der Waals surface area contributed by atoms with Gasteiger partial charge in [-0.05, 0) is 54.3 Å². The van der Waals surface area contributed by atoms with Crippen LogP contribution in [-0.4, -0.2) is 25.1 Å². The fraction of sp³-hybridized carbons (Fsp3) is 0.250. The average molecular weight is 436 g/mol. The van der Waals surface area contributed by atoms with Gasteiger partial charge in [0.15, 0.2) is 23.6 Å². The fourth-order valence-electron chi connectivity index (χ4n) is 3.20. The first kappa shape index (κ1) is 22.3. The van der Waals surface area contributed by atoms with Gasteiger partial charge in [0.05, 0.1) is 12.0 Å². The third kappa shape index (κ3) is 5.62. The molecule has 31 heavy (non-hydrogen) atoms. The molecule has 0 aromatic heterocycles. The highest BCUT2D eigenvalue weighted by Gasteiger charge is 2.27. The third-order valence-corrected chi connectivity index (χ3v) is 5.74. The Balaban J connectivity index is 1.81. The van der Waals surface area contributed by atoms with Crippen LogP contribution in [0.5, 0.6) is 11.5 Å². The number of ether oxygens (including phenoxy) is 2. The van der Waals surface area contributed by atoms with Gasteiger partial charge in [-0.3, -0.25) is 4.79 Å². The number of allylic oxidation sites excluding steroid dienone is 1. The summed E-state index contributed by atoms with van der Waals surface area (Å²) in [6, 6.07) is 13.9. The second-order valence-corrected chi connectivity index (χ2v) is 7.97. The SMILES string of the molecule is C=CCc1cc(/C=C2\S[C@@H](Nc3ccc(CC)cc3)NC2=O)cc(OC)c1OCC#N. The van der Waals surface area contributed by atoms with Crippen LogP contribution < -0.4 is 20.1 Å². The molecule has 2 aromatic rings. The molecule has 1 heterocycles. The lowest BCUT2D eigenvalue weighted by Crippen LogP contribution is -2.30. The molecule has 0 radical (unpaired) electrons. The van der Waals surface area contributed by atoms with E-state index >= 15 is 0 Å². The largest absolute Gasteiger partial charge is 0.493 e. The maximum Gasteiger partial charge on any atom is 0.260 e. The Hall–Kier alpha value is -3.37. The summed E-state index contributed by atoms with van der Waals surface area (Å²) in [6.45, 7) is 5.82. The third-order valence-electron chi connectivity index (χ3n) is 4.71. The molecule has 1 amide bonds. The summed E-state index contributed by atoms with van der Waals surface area (Å²) < 4.78 is 11.0. The van der Waals surface area contributed by atoms with E-state index in [4.69, 9.17) is 14.7 Å². The van der Waals surface area contributed by atoms with Crippen molar-refractivity contribution in [2.45, 2.75) is 25.3 Å². The van der Waals surface area contributed by atoms with Gasteiger partial charge in [-0.15, -0.1) is 6.58 Å². The van der Waals surface area contributed by atoms with Crippen LogP contribution in [0, 0.1) is 11.3 Å². The summed E-state index contributed by atoms with van der Waals surface area (Å²) >= 11 is 1.42. The number of benzene rings is 2. The van der Waals surface area contributed by atoms with Gasteiger partial charge in [0.2, 0.25) is 0 Å². The number of nitrogens with one attached hydrogen (secondary N) is 2. The van der Waals surface area contributed by atoms with E-state index < -0.39 is 0 Å². The molecule has 7 heteroatoms. The molecule has 0 aliphatic carbocycles. The molecule has 3 rings (SSSR count). The number of carbonyl (C=O) groups excluding carboxylic acids is 1. The van der Waals surface area contributed by atoms with Gasteiger partial charge in [0.25, 0.3) is 5.91 Å². The number of nitrogens with zero attached hydrogens (tertiary/aromatic N) is 1. The van der Waals surface area contributed by atoms with Crippen molar-refractivity contribution in [1.82, 2.24) is 5.32 Å². The molecule has 1 aliphatic heterocycles. The number of nitriles is 1. The number of amides is 1. The van der Waals surface area contributed by atoms with Gasteiger partial charge in [0.1, 0.15) is 6.07 Å². The second-order valence-electron chi connectivity index (χ2n) is 6.83.